The third-order valence-corrected chi connectivity index (χ3v) is 4.78. The van der Waals surface area contributed by atoms with Crippen LogP contribution in [0.3, 0.4) is 0 Å². The standard InChI is InChI=1S/C22H24ClN3O/c1-15-10-12-17(13-11-15)26-19(14-18(25-26)22(2,3)4)24-21(27)20(23)16-8-6-5-7-9-16/h5-14,20H,1-4H3,(H,24,27)/t20-/m1/s1. The predicted octanol–water partition coefficient (Wildman–Crippen LogP) is 5.40. The highest BCUT2D eigenvalue weighted by Gasteiger charge is 2.24. The van der Waals surface area contributed by atoms with Crippen molar-refractivity contribution in [3.05, 3.63) is 77.5 Å². The van der Waals surface area contributed by atoms with Crippen LogP contribution >= 0.6 is 11.6 Å². The molecule has 0 aliphatic heterocycles. The van der Waals surface area contributed by atoms with Crippen molar-refractivity contribution in [3.8, 4) is 5.69 Å². The zero-order chi connectivity index (χ0) is 19.6. The van der Waals surface area contributed by atoms with Crippen molar-refractivity contribution in [2.75, 3.05) is 5.32 Å². The van der Waals surface area contributed by atoms with Crippen molar-refractivity contribution in [2.45, 2.75) is 38.5 Å². The van der Waals surface area contributed by atoms with Gasteiger partial charge in [-0.3, -0.25) is 4.79 Å². The Morgan fingerprint density at radius 2 is 1.70 bits per heavy atom. The molecule has 0 fully saturated rings. The summed E-state index contributed by atoms with van der Waals surface area (Å²) < 4.78 is 1.76. The fraction of sp³-hybridized carbons (Fsp3) is 0.273. The Labute approximate surface area is 165 Å². The first-order chi connectivity index (χ1) is 12.8. The summed E-state index contributed by atoms with van der Waals surface area (Å²) in [7, 11) is 0. The SMILES string of the molecule is Cc1ccc(-n2nc(C(C)(C)C)cc2NC(=O)[C@H](Cl)c2ccccc2)cc1. The maximum Gasteiger partial charge on any atom is 0.248 e. The van der Waals surface area contributed by atoms with Gasteiger partial charge < -0.3 is 5.32 Å². The van der Waals surface area contributed by atoms with Crippen LogP contribution in [0.15, 0.2) is 60.7 Å². The number of carbonyl (C=O) groups is 1. The number of amides is 1. The number of aromatic nitrogens is 2. The summed E-state index contributed by atoms with van der Waals surface area (Å²) in [6, 6.07) is 19.2. The van der Waals surface area contributed by atoms with E-state index in [9.17, 15) is 4.79 Å². The summed E-state index contributed by atoms with van der Waals surface area (Å²) in [5.41, 5.74) is 3.56. The summed E-state index contributed by atoms with van der Waals surface area (Å²) >= 11 is 6.38. The second-order valence-corrected chi connectivity index (χ2v) is 8.11. The average molecular weight is 382 g/mol. The van der Waals surface area contributed by atoms with E-state index in [1.807, 2.05) is 67.6 Å². The largest absolute Gasteiger partial charge is 0.309 e. The predicted molar refractivity (Wildman–Crippen MR) is 111 cm³/mol. The molecular weight excluding hydrogens is 358 g/mol. The van der Waals surface area contributed by atoms with Crippen molar-refractivity contribution >= 4 is 23.3 Å². The molecule has 0 saturated carbocycles. The number of hydrogen-bond acceptors (Lipinski definition) is 2. The van der Waals surface area contributed by atoms with Gasteiger partial charge in [0.2, 0.25) is 5.91 Å². The Hall–Kier alpha value is -2.59. The second kappa shape index (κ2) is 7.57. The lowest BCUT2D eigenvalue weighted by Gasteiger charge is -2.14. The van der Waals surface area contributed by atoms with Gasteiger partial charge in [0.25, 0.3) is 0 Å². The van der Waals surface area contributed by atoms with Crippen LogP contribution in [-0.2, 0) is 10.2 Å². The lowest BCUT2D eigenvalue weighted by Crippen LogP contribution is -2.19. The number of benzene rings is 2. The van der Waals surface area contributed by atoms with Crippen LogP contribution in [0.5, 0.6) is 0 Å². The molecule has 27 heavy (non-hydrogen) atoms. The summed E-state index contributed by atoms with van der Waals surface area (Å²) in [5, 5.41) is 6.90. The number of nitrogens with zero attached hydrogens (tertiary/aromatic N) is 2. The van der Waals surface area contributed by atoms with Crippen LogP contribution in [-0.4, -0.2) is 15.7 Å². The van der Waals surface area contributed by atoms with Crippen LogP contribution < -0.4 is 5.32 Å². The number of carbonyl (C=O) groups excluding carboxylic acids is 1. The number of halogens is 1. The molecule has 1 heterocycles. The van der Waals surface area contributed by atoms with Crippen LogP contribution in [0.25, 0.3) is 5.69 Å². The number of hydrogen-bond donors (Lipinski definition) is 1. The monoisotopic (exact) mass is 381 g/mol. The third kappa shape index (κ3) is 4.40. The zero-order valence-electron chi connectivity index (χ0n) is 16.0. The maximum atomic E-state index is 12.7. The molecule has 0 radical (unpaired) electrons. The lowest BCUT2D eigenvalue weighted by molar-refractivity contribution is -0.116. The molecule has 1 aromatic heterocycles. The van der Waals surface area contributed by atoms with Gasteiger partial charge in [-0.15, -0.1) is 11.6 Å². The topological polar surface area (TPSA) is 46.9 Å². The normalized spacial score (nSPS) is 12.6. The van der Waals surface area contributed by atoms with E-state index in [1.54, 1.807) is 4.68 Å². The molecule has 5 heteroatoms. The summed E-state index contributed by atoms with van der Waals surface area (Å²) in [6.07, 6.45) is 0. The molecule has 3 rings (SSSR count). The molecule has 4 nitrogen and oxygen atoms in total. The van der Waals surface area contributed by atoms with Crippen LogP contribution in [0.1, 0.15) is 43.0 Å². The number of anilines is 1. The number of nitrogens with one attached hydrogen (secondary N) is 1. The van der Waals surface area contributed by atoms with E-state index in [2.05, 4.69) is 26.1 Å². The summed E-state index contributed by atoms with van der Waals surface area (Å²) in [6.45, 7) is 8.31. The highest BCUT2D eigenvalue weighted by molar-refractivity contribution is 6.32. The van der Waals surface area contributed by atoms with E-state index in [4.69, 9.17) is 16.7 Å². The highest BCUT2D eigenvalue weighted by atomic mass is 35.5. The molecule has 1 atom stereocenters. The van der Waals surface area contributed by atoms with Crippen molar-refractivity contribution in [2.24, 2.45) is 0 Å². The molecule has 0 aliphatic rings. The molecule has 0 aliphatic carbocycles. The van der Waals surface area contributed by atoms with Crippen LogP contribution in [0.2, 0.25) is 0 Å². The molecule has 0 spiro atoms. The first-order valence-electron chi connectivity index (χ1n) is 8.93. The van der Waals surface area contributed by atoms with E-state index >= 15 is 0 Å². The van der Waals surface area contributed by atoms with Gasteiger partial charge in [0.15, 0.2) is 0 Å². The van der Waals surface area contributed by atoms with Crippen molar-refractivity contribution in [3.63, 3.8) is 0 Å². The Morgan fingerprint density at radius 1 is 1.07 bits per heavy atom. The minimum absolute atomic E-state index is 0.144. The minimum Gasteiger partial charge on any atom is -0.309 e. The molecule has 0 bridgehead atoms. The number of alkyl halides is 1. The van der Waals surface area contributed by atoms with Gasteiger partial charge in [-0.25, -0.2) is 4.68 Å². The third-order valence-electron chi connectivity index (χ3n) is 4.33. The smallest absolute Gasteiger partial charge is 0.248 e. The number of aryl methyl sites for hydroxylation is 1. The zero-order valence-corrected chi connectivity index (χ0v) is 16.8. The van der Waals surface area contributed by atoms with Crippen molar-refractivity contribution in [1.82, 2.24) is 9.78 Å². The fourth-order valence-electron chi connectivity index (χ4n) is 2.68. The molecule has 0 unspecified atom stereocenters. The highest BCUT2D eigenvalue weighted by Crippen LogP contribution is 2.28. The minimum atomic E-state index is -0.773. The fourth-order valence-corrected chi connectivity index (χ4v) is 2.88. The molecule has 0 saturated heterocycles. The molecule has 3 aromatic rings. The van der Waals surface area contributed by atoms with Crippen LogP contribution in [0.4, 0.5) is 5.82 Å². The van der Waals surface area contributed by atoms with E-state index in [-0.39, 0.29) is 11.3 Å². The van der Waals surface area contributed by atoms with Gasteiger partial charge in [0, 0.05) is 11.5 Å². The first kappa shape index (κ1) is 19.2. The van der Waals surface area contributed by atoms with Gasteiger partial charge in [0.05, 0.1) is 11.4 Å². The molecule has 140 valence electrons. The van der Waals surface area contributed by atoms with E-state index < -0.39 is 5.38 Å². The van der Waals surface area contributed by atoms with Gasteiger partial charge in [-0.2, -0.15) is 5.10 Å². The lowest BCUT2D eigenvalue weighted by atomic mass is 9.92. The van der Waals surface area contributed by atoms with E-state index in [1.165, 1.54) is 0 Å². The molecule has 1 amide bonds. The second-order valence-electron chi connectivity index (χ2n) is 7.67. The quantitative estimate of drug-likeness (QED) is 0.615. The maximum absolute atomic E-state index is 12.7. The average Bonchev–Trinajstić information content (AvgIpc) is 3.06. The Balaban J connectivity index is 1.95. The molecule has 1 N–H and O–H groups in total. The molecule has 2 aromatic carbocycles. The number of rotatable bonds is 4. The Kier molecular flexibility index (Phi) is 5.38. The van der Waals surface area contributed by atoms with Gasteiger partial charge in [-0.05, 0) is 24.6 Å². The van der Waals surface area contributed by atoms with E-state index in [0.29, 0.717) is 5.82 Å². The Bertz CT molecular complexity index is 924. The molecular formula is C22H24ClN3O. The van der Waals surface area contributed by atoms with Crippen molar-refractivity contribution < 1.29 is 4.79 Å². The Morgan fingerprint density at radius 3 is 2.30 bits per heavy atom. The summed E-state index contributed by atoms with van der Waals surface area (Å²) in [4.78, 5) is 12.7. The first-order valence-corrected chi connectivity index (χ1v) is 9.37. The van der Waals surface area contributed by atoms with Gasteiger partial charge in [-0.1, -0.05) is 68.8 Å². The van der Waals surface area contributed by atoms with Crippen molar-refractivity contribution in [1.29, 1.82) is 0 Å². The summed E-state index contributed by atoms with van der Waals surface area (Å²) in [5.74, 6) is 0.326. The van der Waals surface area contributed by atoms with Gasteiger partial charge >= 0.3 is 0 Å². The van der Waals surface area contributed by atoms with E-state index in [0.717, 1.165) is 22.5 Å². The van der Waals surface area contributed by atoms with Crippen LogP contribution in [0, 0.1) is 6.92 Å². The van der Waals surface area contributed by atoms with Gasteiger partial charge in [0.1, 0.15) is 11.2 Å².